The molecule has 2 aromatic carbocycles. The molecule has 0 aliphatic carbocycles. The molecule has 0 atom stereocenters. The number of benzene rings is 2. The summed E-state index contributed by atoms with van der Waals surface area (Å²) in [5.74, 6) is 0. The van der Waals surface area contributed by atoms with Gasteiger partial charge in [-0.3, -0.25) is 14.3 Å². The molecule has 1 aliphatic rings. The van der Waals surface area contributed by atoms with Crippen molar-refractivity contribution in [2.24, 2.45) is 0 Å². The van der Waals surface area contributed by atoms with Crippen LogP contribution in [0.1, 0.15) is 29.5 Å². The second kappa shape index (κ2) is 7.97. The Hall–Kier alpha value is -2.31. The van der Waals surface area contributed by atoms with Crippen molar-refractivity contribution in [3.63, 3.8) is 0 Å². The van der Waals surface area contributed by atoms with E-state index < -0.39 is 0 Å². The zero-order valence-electron chi connectivity index (χ0n) is 16.2. The van der Waals surface area contributed by atoms with E-state index in [1.54, 1.807) is 10.6 Å². The van der Waals surface area contributed by atoms with Gasteiger partial charge < -0.3 is 5.32 Å². The fourth-order valence-corrected chi connectivity index (χ4v) is 5.30. The lowest BCUT2D eigenvalue weighted by Crippen LogP contribution is -2.31. The maximum atomic E-state index is 12.6. The molecule has 4 rings (SSSR count). The van der Waals surface area contributed by atoms with Crippen molar-refractivity contribution in [2.75, 3.05) is 13.1 Å². The maximum absolute atomic E-state index is 12.6. The Morgan fingerprint density at radius 1 is 1.11 bits per heavy atom. The van der Waals surface area contributed by atoms with E-state index in [1.165, 1.54) is 16.0 Å². The minimum atomic E-state index is -0.360. The molecule has 0 spiro atoms. The number of H-pyrrole nitrogens is 1. The summed E-state index contributed by atoms with van der Waals surface area (Å²) < 4.78 is 1.68. The van der Waals surface area contributed by atoms with Gasteiger partial charge in [0.25, 0.3) is 5.56 Å². The Morgan fingerprint density at radius 3 is 2.64 bits per heavy atom. The molecule has 2 heterocycles. The first-order valence-corrected chi connectivity index (χ1v) is 10.6. The first kappa shape index (κ1) is 19.0. The number of thioether (sulfide) groups is 1. The van der Waals surface area contributed by atoms with E-state index >= 15 is 0 Å². The molecule has 0 radical (unpaired) electrons. The van der Waals surface area contributed by atoms with Gasteiger partial charge in [-0.1, -0.05) is 29.8 Å². The molecule has 2 N–H and O–H groups in total. The number of aromatic nitrogens is 2. The molecule has 146 valence electrons. The number of hydrogen-bond acceptors (Lipinski definition) is 4. The van der Waals surface area contributed by atoms with Crippen LogP contribution in [-0.2, 0) is 6.54 Å². The average Bonchev–Trinajstić information content (AvgIpc) is 2.68. The highest BCUT2D eigenvalue weighted by molar-refractivity contribution is 8.00. The van der Waals surface area contributed by atoms with E-state index in [9.17, 15) is 9.59 Å². The zero-order chi connectivity index (χ0) is 19.7. The third-order valence-electron chi connectivity index (χ3n) is 5.30. The maximum Gasteiger partial charge on any atom is 0.329 e. The van der Waals surface area contributed by atoms with Crippen LogP contribution in [0.25, 0.3) is 10.9 Å². The van der Waals surface area contributed by atoms with Gasteiger partial charge in [-0.15, -0.1) is 11.8 Å². The molecule has 28 heavy (non-hydrogen) atoms. The zero-order valence-corrected chi connectivity index (χ0v) is 17.1. The van der Waals surface area contributed by atoms with Gasteiger partial charge in [0.15, 0.2) is 0 Å². The number of para-hydroxylation sites is 1. The molecule has 0 bridgehead atoms. The average molecular weight is 396 g/mol. The summed E-state index contributed by atoms with van der Waals surface area (Å²) in [6.07, 6.45) is 2.30. The number of nitrogens with zero attached hydrogens (tertiary/aromatic N) is 1. The van der Waals surface area contributed by atoms with Crippen molar-refractivity contribution < 1.29 is 0 Å². The van der Waals surface area contributed by atoms with Gasteiger partial charge >= 0.3 is 5.69 Å². The first-order valence-electron chi connectivity index (χ1n) is 9.72. The minimum absolute atomic E-state index is 0.332. The number of aromatic amines is 1. The van der Waals surface area contributed by atoms with Crippen LogP contribution in [0.3, 0.4) is 0 Å². The minimum Gasteiger partial charge on any atom is -0.317 e. The third-order valence-corrected chi connectivity index (χ3v) is 6.92. The summed E-state index contributed by atoms with van der Waals surface area (Å²) in [4.78, 5) is 28.5. The van der Waals surface area contributed by atoms with Gasteiger partial charge in [-0.25, -0.2) is 4.79 Å². The molecule has 1 saturated heterocycles. The first-order chi connectivity index (χ1) is 13.5. The third kappa shape index (κ3) is 3.80. The van der Waals surface area contributed by atoms with Gasteiger partial charge in [0.1, 0.15) is 0 Å². The second-order valence-electron chi connectivity index (χ2n) is 7.50. The van der Waals surface area contributed by atoms with Gasteiger partial charge in [0, 0.05) is 10.1 Å². The summed E-state index contributed by atoms with van der Waals surface area (Å²) in [5.41, 5.74) is 3.56. The largest absolute Gasteiger partial charge is 0.329 e. The number of rotatable bonds is 4. The lowest BCUT2D eigenvalue weighted by Gasteiger charge is -2.24. The Balaban J connectivity index is 1.79. The molecular weight excluding hydrogens is 370 g/mol. The van der Waals surface area contributed by atoms with Crippen LogP contribution in [0.15, 0.2) is 50.9 Å². The second-order valence-corrected chi connectivity index (χ2v) is 8.81. The van der Waals surface area contributed by atoms with Crippen LogP contribution < -0.4 is 16.6 Å². The van der Waals surface area contributed by atoms with Crippen molar-refractivity contribution in [3.05, 3.63) is 73.9 Å². The van der Waals surface area contributed by atoms with E-state index in [2.05, 4.69) is 36.3 Å². The van der Waals surface area contributed by atoms with E-state index in [0.717, 1.165) is 31.5 Å². The summed E-state index contributed by atoms with van der Waals surface area (Å²) >= 11 is 1.93. The van der Waals surface area contributed by atoms with E-state index in [4.69, 9.17) is 0 Å². The highest BCUT2D eigenvalue weighted by atomic mass is 32.2. The Morgan fingerprint density at radius 2 is 1.86 bits per heavy atom. The van der Waals surface area contributed by atoms with Gasteiger partial charge in [-0.05, 0) is 63.0 Å². The number of fused-ring (bicyclic) bond motifs is 1. The predicted molar refractivity (Wildman–Crippen MR) is 116 cm³/mol. The number of aryl methyl sites for hydroxylation is 2. The number of nitrogens with one attached hydrogen (secondary N) is 2. The van der Waals surface area contributed by atoms with E-state index in [1.807, 2.05) is 30.0 Å². The Labute approximate surface area is 168 Å². The van der Waals surface area contributed by atoms with E-state index in [0.29, 0.717) is 22.7 Å². The molecule has 6 heteroatoms. The van der Waals surface area contributed by atoms with E-state index in [-0.39, 0.29) is 11.2 Å². The molecule has 0 amide bonds. The fraction of sp³-hybridized carbons (Fsp3) is 0.364. The predicted octanol–water partition coefficient (Wildman–Crippen LogP) is 3.20. The monoisotopic (exact) mass is 395 g/mol. The van der Waals surface area contributed by atoms with Crippen LogP contribution >= 0.6 is 11.8 Å². The van der Waals surface area contributed by atoms with Crippen LogP contribution in [0.5, 0.6) is 0 Å². The van der Waals surface area contributed by atoms with Crippen LogP contribution in [0, 0.1) is 13.8 Å². The van der Waals surface area contributed by atoms with Crippen LogP contribution in [0.2, 0.25) is 0 Å². The summed E-state index contributed by atoms with van der Waals surface area (Å²) in [7, 11) is 0. The molecule has 1 aromatic heterocycles. The highest BCUT2D eigenvalue weighted by Crippen LogP contribution is 2.35. The number of hydrogen-bond donors (Lipinski definition) is 2. The van der Waals surface area contributed by atoms with Crippen molar-refractivity contribution in [1.82, 2.24) is 14.9 Å². The highest BCUT2D eigenvalue weighted by Gasteiger charge is 2.19. The summed E-state index contributed by atoms with van der Waals surface area (Å²) in [6.45, 7) is 6.80. The molecular formula is C22H25N3O2S. The van der Waals surface area contributed by atoms with Crippen molar-refractivity contribution in [1.29, 1.82) is 0 Å². The van der Waals surface area contributed by atoms with Crippen molar-refractivity contribution in [3.8, 4) is 0 Å². The lowest BCUT2D eigenvalue weighted by molar-refractivity contribution is 0.531. The lowest BCUT2D eigenvalue weighted by atomic mass is 10.1. The Bertz CT molecular complexity index is 1130. The molecule has 0 saturated carbocycles. The standard InChI is InChI=1S/C22H25N3O2S/c1-14-11-15(2)20(28-17-7-9-23-10-8-17)16(12-14)13-25-19-6-4-3-5-18(19)21(26)24-22(25)27/h3-6,11-12,17,23H,7-10,13H2,1-2H3,(H,24,26,27). The molecule has 3 aromatic rings. The van der Waals surface area contributed by atoms with Crippen LogP contribution in [0.4, 0.5) is 0 Å². The molecule has 1 aliphatic heterocycles. The smallest absolute Gasteiger partial charge is 0.317 e. The fourth-order valence-electron chi connectivity index (χ4n) is 3.98. The summed E-state index contributed by atoms with van der Waals surface area (Å²) in [6, 6.07) is 11.7. The molecule has 5 nitrogen and oxygen atoms in total. The Kier molecular flexibility index (Phi) is 5.42. The normalized spacial score (nSPS) is 15.2. The van der Waals surface area contributed by atoms with Gasteiger partial charge in [0.2, 0.25) is 0 Å². The molecule has 1 fully saturated rings. The number of piperidine rings is 1. The van der Waals surface area contributed by atoms with Gasteiger partial charge in [0.05, 0.1) is 17.4 Å². The SMILES string of the molecule is Cc1cc(C)c(SC2CCNCC2)c(Cn2c(=O)[nH]c(=O)c3ccccc32)c1. The topological polar surface area (TPSA) is 66.9 Å². The quantitative estimate of drug-likeness (QED) is 0.712. The van der Waals surface area contributed by atoms with Crippen molar-refractivity contribution in [2.45, 2.75) is 43.4 Å². The molecule has 0 unspecified atom stereocenters. The van der Waals surface area contributed by atoms with Crippen LogP contribution in [-0.4, -0.2) is 27.9 Å². The summed E-state index contributed by atoms with van der Waals surface area (Å²) in [5, 5.41) is 4.55. The van der Waals surface area contributed by atoms with Crippen molar-refractivity contribution >= 4 is 22.7 Å². The van der Waals surface area contributed by atoms with Gasteiger partial charge in [-0.2, -0.15) is 0 Å².